The van der Waals surface area contributed by atoms with E-state index in [1.54, 1.807) is 0 Å². The fraction of sp³-hybridized carbons (Fsp3) is 0.125. The van der Waals surface area contributed by atoms with Gasteiger partial charge in [0.25, 0.3) is 0 Å². The summed E-state index contributed by atoms with van der Waals surface area (Å²) in [6.07, 6.45) is 4.18. The maximum atomic E-state index is 2.26. The van der Waals surface area contributed by atoms with Gasteiger partial charge in [-0.1, -0.05) is 18.2 Å². The number of para-hydroxylation sites is 1. The first-order valence-corrected chi connectivity index (χ1v) is 6.15. The zero-order valence-corrected chi connectivity index (χ0v) is 15.5. The summed E-state index contributed by atoms with van der Waals surface area (Å²) in [6.45, 7) is 0.891. The Bertz CT molecular complexity index is 684. The molecular formula is C16H16I2N2. The molecule has 1 aromatic carbocycles. The zero-order valence-electron chi connectivity index (χ0n) is 11.2. The number of benzene rings is 1. The fourth-order valence-corrected chi connectivity index (χ4v) is 2.27. The van der Waals surface area contributed by atoms with Crippen LogP contribution in [0.25, 0.3) is 10.9 Å². The van der Waals surface area contributed by atoms with E-state index in [4.69, 9.17) is 0 Å². The highest BCUT2D eigenvalue weighted by Gasteiger charge is 2.14. The van der Waals surface area contributed by atoms with E-state index in [1.165, 1.54) is 16.6 Å². The molecule has 2 aromatic heterocycles. The molecule has 0 unspecified atom stereocenters. The van der Waals surface area contributed by atoms with Crippen molar-refractivity contribution >= 4 is 10.9 Å². The Morgan fingerprint density at radius 3 is 2.25 bits per heavy atom. The lowest BCUT2D eigenvalue weighted by molar-refractivity contribution is -0.728. The standard InChI is InChI=1S/C16H16N2.2HI/c1-17-15(13-18-11-5-2-6-12-18)10-9-14-7-3-4-8-16(14)17;;/h2-12H,13H2,1H3;2*1H/q+2;;/p-2. The molecule has 3 aromatic rings. The van der Waals surface area contributed by atoms with E-state index in [-0.39, 0.29) is 48.0 Å². The Hall–Kier alpha value is -0.760. The monoisotopic (exact) mass is 490 g/mol. The molecule has 2 heterocycles. The molecular weight excluding hydrogens is 474 g/mol. The van der Waals surface area contributed by atoms with Gasteiger partial charge >= 0.3 is 0 Å². The van der Waals surface area contributed by atoms with Gasteiger partial charge in [-0.25, -0.2) is 0 Å². The van der Waals surface area contributed by atoms with E-state index in [1.807, 2.05) is 6.07 Å². The minimum atomic E-state index is 0. The fourth-order valence-electron chi connectivity index (χ4n) is 2.27. The molecule has 0 atom stereocenters. The van der Waals surface area contributed by atoms with Crippen molar-refractivity contribution in [3.63, 3.8) is 0 Å². The van der Waals surface area contributed by atoms with Crippen LogP contribution in [0.4, 0.5) is 0 Å². The van der Waals surface area contributed by atoms with Crippen LogP contribution >= 0.6 is 0 Å². The number of fused-ring (bicyclic) bond motifs is 1. The highest BCUT2D eigenvalue weighted by molar-refractivity contribution is 5.75. The minimum Gasteiger partial charge on any atom is -1.00 e. The van der Waals surface area contributed by atoms with Crippen LogP contribution in [0.3, 0.4) is 0 Å². The first-order chi connectivity index (χ1) is 8.84. The number of nitrogens with zero attached hydrogens (tertiary/aromatic N) is 2. The van der Waals surface area contributed by atoms with Crippen LogP contribution in [0, 0.1) is 0 Å². The summed E-state index contributed by atoms with van der Waals surface area (Å²) in [4.78, 5) is 0. The quantitative estimate of drug-likeness (QED) is 0.256. The predicted molar refractivity (Wildman–Crippen MR) is 70.9 cm³/mol. The molecule has 0 saturated heterocycles. The van der Waals surface area contributed by atoms with Gasteiger partial charge in [-0.3, -0.25) is 0 Å². The van der Waals surface area contributed by atoms with Gasteiger partial charge in [-0.15, -0.1) is 0 Å². The first-order valence-electron chi connectivity index (χ1n) is 6.15. The normalized spacial score (nSPS) is 9.65. The summed E-state index contributed by atoms with van der Waals surface area (Å²) in [5.41, 5.74) is 2.57. The summed E-state index contributed by atoms with van der Waals surface area (Å²) in [5, 5.41) is 1.28. The van der Waals surface area contributed by atoms with Crippen molar-refractivity contribution in [2.75, 3.05) is 0 Å². The zero-order chi connectivity index (χ0) is 12.4. The van der Waals surface area contributed by atoms with Crippen LogP contribution in [-0.2, 0) is 13.6 Å². The number of hydrogen-bond donors (Lipinski definition) is 0. The topological polar surface area (TPSA) is 7.76 Å². The predicted octanol–water partition coefficient (Wildman–Crippen LogP) is -3.99. The summed E-state index contributed by atoms with van der Waals surface area (Å²) >= 11 is 0. The maximum Gasteiger partial charge on any atom is 0.247 e. The smallest absolute Gasteiger partial charge is 0.247 e. The highest BCUT2D eigenvalue weighted by Crippen LogP contribution is 2.09. The molecule has 20 heavy (non-hydrogen) atoms. The summed E-state index contributed by atoms with van der Waals surface area (Å²) in [6, 6.07) is 19.0. The SMILES string of the molecule is C[n+]1c(C[n+]2ccccc2)ccc2ccccc21.[I-].[I-]. The molecule has 104 valence electrons. The maximum absolute atomic E-state index is 2.26. The van der Waals surface area contributed by atoms with Gasteiger partial charge in [-0.2, -0.15) is 9.13 Å². The van der Waals surface area contributed by atoms with Crippen LogP contribution < -0.4 is 57.1 Å². The number of pyridine rings is 2. The van der Waals surface area contributed by atoms with Crippen LogP contribution in [0.15, 0.2) is 67.0 Å². The van der Waals surface area contributed by atoms with Crippen LogP contribution in [0.1, 0.15) is 5.69 Å². The van der Waals surface area contributed by atoms with Crippen molar-refractivity contribution in [2.45, 2.75) is 6.54 Å². The average molecular weight is 490 g/mol. The Labute approximate surface area is 153 Å². The molecule has 0 aliphatic carbocycles. The Morgan fingerprint density at radius 2 is 1.50 bits per heavy atom. The molecule has 0 aliphatic rings. The lowest BCUT2D eigenvalue weighted by atomic mass is 10.2. The van der Waals surface area contributed by atoms with Gasteiger partial charge in [0, 0.05) is 29.7 Å². The highest BCUT2D eigenvalue weighted by atomic mass is 127. The molecule has 0 bridgehead atoms. The van der Waals surface area contributed by atoms with Crippen molar-refractivity contribution in [1.82, 2.24) is 0 Å². The number of hydrogen-bond acceptors (Lipinski definition) is 0. The largest absolute Gasteiger partial charge is 1.00 e. The Morgan fingerprint density at radius 1 is 0.800 bits per heavy atom. The van der Waals surface area contributed by atoms with Crippen molar-refractivity contribution in [3.8, 4) is 0 Å². The van der Waals surface area contributed by atoms with Crippen molar-refractivity contribution in [1.29, 1.82) is 0 Å². The van der Waals surface area contributed by atoms with E-state index in [2.05, 4.69) is 77.1 Å². The van der Waals surface area contributed by atoms with Gasteiger partial charge in [0.2, 0.25) is 17.8 Å². The second-order valence-electron chi connectivity index (χ2n) is 4.49. The Balaban J connectivity index is 0.000001000. The third-order valence-corrected chi connectivity index (χ3v) is 3.31. The van der Waals surface area contributed by atoms with Crippen molar-refractivity contribution in [2.24, 2.45) is 7.05 Å². The van der Waals surface area contributed by atoms with Crippen molar-refractivity contribution < 1.29 is 57.1 Å². The third-order valence-electron chi connectivity index (χ3n) is 3.31. The number of rotatable bonds is 2. The number of aryl methyl sites for hydroxylation is 1. The van der Waals surface area contributed by atoms with E-state index >= 15 is 0 Å². The molecule has 0 aliphatic heterocycles. The average Bonchev–Trinajstić information content (AvgIpc) is 2.43. The molecule has 0 spiro atoms. The van der Waals surface area contributed by atoms with E-state index in [9.17, 15) is 0 Å². The third kappa shape index (κ3) is 3.66. The van der Waals surface area contributed by atoms with E-state index in [0.717, 1.165) is 6.54 Å². The summed E-state index contributed by atoms with van der Waals surface area (Å²) in [5.74, 6) is 0. The van der Waals surface area contributed by atoms with Crippen LogP contribution in [0.5, 0.6) is 0 Å². The molecule has 0 radical (unpaired) electrons. The van der Waals surface area contributed by atoms with Crippen molar-refractivity contribution in [3.05, 3.63) is 72.7 Å². The van der Waals surface area contributed by atoms with E-state index < -0.39 is 0 Å². The Kier molecular flexibility index (Phi) is 6.81. The summed E-state index contributed by atoms with van der Waals surface area (Å²) < 4.78 is 4.44. The lowest BCUT2D eigenvalue weighted by Gasteiger charge is -2.01. The van der Waals surface area contributed by atoms with Gasteiger partial charge in [0.05, 0.1) is 0 Å². The number of aromatic nitrogens is 2. The van der Waals surface area contributed by atoms with Gasteiger partial charge in [-0.05, 0) is 12.1 Å². The summed E-state index contributed by atoms with van der Waals surface area (Å²) in [7, 11) is 2.13. The molecule has 0 fully saturated rings. The van der Waals surface area contributed by atoms with Crippen LogP contribution in [-0.4, -0.2) is 0 Å². The van der Waals surface area contributed by atoms with Gasteiger partial charge in [0.1, 0.15) is 7.05 Å². The molecule has 4 heteroatoms. The molecule has 0 amide bonds. The van der Waals surface area contributed by atoms with Gasteiger partial charge < -0.3 is 48.0 Å². The molecule has 0 N–H and O–H groups in total. The van der Waals surface area contributed by atoms with E-state index in [0.29, 0.717) is 0 Å². The molecule has 3 rings (SSSR count). The first kappa shape index (κ1) is 17.3. The second-order valence-corrected chi connectivity index (χ2v) is 4.49. The lowest BCUT2D eigenvalue weighted by Crippen LogP contribution is -3.00. The van der Waals surface area contributed by atoms with Crippen LogP contribution in [0.2, 0.25) is 0 Å². The second kappa shape index (κ2) is 7.87. The molecule has 0 saturated carbocycles. The molecule has 2 nitrogen and oxygen atoms in total. The number of halogens is 2. The minimum absolute atomic E-state index is 0. The van der Waals surface area contributed by atoms with Gasteiger partial charge in [0.15, 0.2) is 12.4 Å².